The van der Waals surface area contributed by atoms with E-state index in [-0.39, 0.29) is 0 Å². The average Bonchev–Trinajstić information content (AvgIpc) is 2.32. The molecule has 1 atom stereocenters. The van der Waals surface area contributed by atoms with Crippen LogP contribution in [0.25, 0.3) is 0 Å². The summed E-state index contributed by atoms with van der Waals surface area (Å²) in [5, 5.41) is 3.07. The van der Waals surface area contributed by atoms with Crippen LogP contribution in [0.1, 0.15) is 40.0 Å². The van der Waals surface area contributed by atoms with Crippen LogP contribution in [0.5, 0.6) is 0 Å². The maximum Gasteiger partial charge on any atom is 0.410 e. The number of likely N-dealkylation sites (tertiary alicyclic amines) is 1. The summed E-state index contributed by atoms with van der Waals surface area (Å²) in [6.45, 7) is 6.14. The maximum atomic E-state index is 14.5. The highest BCUT2D eigenvalue weighted by Gasteiger charge is 2.57. The van der Waals surface area contributed by atoms with Crippen molar-refractivity contribution in [3.05, 3.63) is 0 Å². The molecule has 4 nitrogen and oxygen atoms in total. The Kier molecular flexibility index (Phi) is 3.97. The van der Waals surface area contributed by atoms with Gasteiger partial charge < -0.3 is 15.0 Å². The number of alkyl halides is 2. The molecule has 1 N–H and O–H groups in total. The Morgan fingerprint density at radius 2 is 2.00 bits per heavy atom. The van der Waals surface area contributed by atoms with Gasteiger partial charge >= 0.3 is 6.09 Å². The van der Waals surface area contributed by atoms with E-state index in [0.29, 0.717) is 25.9 Å². The number of ether oxygens (including phenoxy) is 1. The number of hydrogen-bond donors (Lipinski definition) is 1. The van der Waals surface area contributed by atoms with Gasteiger partial charge in [0.25, 0.3) is 5.92 Å². The van der Waals surface area contributed by atoms with Gasteiger partial charge in [0, 0.05) is 13.1 Å². The molecule has 20 heavy (non-hydrogen) atoms. The summed E-state index contributed by atoms with van der Waals surface area (Å²) in [4.78, 5) is 13.1. The van der Waals surface area contributed by atoms with Crippen molar-refractivity contribution in [2.45, 2.75) is 51.6 Å². The van der Waals surface area contributed by atoms with Gasteiger partial charge in [-0.15, -0.1) is 0 Å². The van der Waals surface area contributed by atoms with Gasteiger partial charge in [-0.2, -0.15) is 0 Å². The van der Waals surface area contributed by atoms with Gasteiger partial charge in [0.15, 0.2) is 0 Å². The molecule has 6 heteroatoms. The van der Waals surface area contributed by atoms with Gasteiger partial charge in [-0.1, -0.05) is 0 Å². The predicted molar refractivity (Wildman–Crippen MR) is 71.9 cm³/mol. The molecule has 1 amide bonds. The van der Waals surface area contributed by atoms with Gasteiger partial charge in [-0.05, 0) is 46.6 Å². The summed E-state index contributed by atoms with van der Waals surface area (Å²) in [6.07, 6.45) is 0.972. The highest BCUT2D eigenvalue weighted by molar-refractivity contribution is 5.68. The third-order valence-electron chi connectivity index (χ3n) is 4.15. The third kappa shape index (κ3) is 3.05. The van der Waals surface area contributed by atoms with Gasteiger partial charge in [-0.25, -0.2) is 13.6 Å². The van der Waals surface area contributed by atoms with Crippen molar-refractivity contribution in [3.8, 4) is 0 Å². The van der Waals surface area contributed by atoms with Crippen molar-refractivity contribution in [2.75, 3.05) is 26.2 Å². The van der Waals surface area contributed by atoms with Gasteiger partial charge in [-0.3, -0.25) is 0 Å². The number of carbonyl (C=O) groups excluding carboxylic acids is 1. The van der Waals surface area contributed by atoms with Crippen molar-refractivity contribution in [1.82, 2.24) is 10.2 Å². The van der Waals surface area contributed by atoms with E-state index in [9.17, 15) is 13.6 Å². The van der Waals surface area contributed by atoms with Crippen LogP contribution in [0.3, 0.4) is 0 Å². The van der Waals surface area contributed by atoms with Crippen molar-refractivity contribution in [1.29, 1.82) is 0 Å². The van der Waals surface area contributed by atoms with Crippen LogP contribution in [0.4, 0.5) is 13.6 Å². The standard InChI is InChI=1S/C14H24F2N2O2/c1-12(2,3)20-11(19)18-8-6-13(14(15,16)10-18)5-4-7-17-9-13/h17H,4-10H2,1-3H3. The molecule has 0 radical (unpaired) electrons. The van der Waals surface area contributed by atoms with E-state index in [4.69, 9.17) is 4.74 Å². The van der Waals surface area contributed by atoms with Crippen molar-refractivity contribution in [3.63, 3.8) is 0 Å². The van der Waals surface area contributed by atoms with E-state index in [1.807, 2.05) is 0 Å². The summed E-state index contributed by atoms with van der Waals surface area (Å²) < 4.78 is 34.2. The molecule has 2 aliphatic heterocycles. The second-order valence-corrected chi connectivity index (χ2v) is 6.92. The summed E-state index contributed by atoms with van der Waals surface area (Å²) >= 11 is 0. The zero-order valence-corrected chi connectivity index (χ0v) is 12.5. The molecular weight excluding hydrogens is 266 g/mol. The van der Waals surface area contributed by atoms with Crippen LogP contribution < -0.4 is 5.32 Å². The van der Waals surface area contributed by atoms with E-state index < -0.39 is 29.6 Å². The fourth-order valence-electron chi connectivity index (χ4n) is 2.99. The molecule has 0 aromatic heterocycles. The van der Waals surface area contributed by atoms with Gasteiger partial charge in [0.1, 0.15) is 5.60 Å². The van der Waals surface area contributed by atoms with E-state index >= 15 is 0 Å². The largest absolute Gasteiger partial charge is 0.444 e. The fraction of sp³-hybridized carbons (Fsp3) is 0.929. The maximum absolute atomic E-state index is 14.5. The normalized spacial score (nSPS) is 30.4. The van der Waals surface area contributed by atoms with Crippen LogP contribution in [0.15, 0.2) is 0 Å². The lowest BCUT2D eigenvalue weighted by atomic mass is 9.70. The molecule has 116 valence electrons. The highest BCUT2D eigenvalue weighted by atomic mass is 19.3. The lowest BCUT2D eigenvalue weighted by Gasteiger charge is -2.49. The molecule has 0 aromatic rings. The number of amides is 1. The van der Waals surface area contributed by atoms with Crippen LogP contribution in [-0.2, 0) is 4.74 Å². The topological polar surface area (TPSA) is 41.6 Å². The minimum Gasteiger partial charge on any atom is -0.444 e. The van der Waals surface area contributed by atoms with Crippen molar-refractivity contribution in [2.24, 2.45) is 5.41 Å². The lowest BCUT2D eigenvalue weighted by molar-refractivity contribution is -0.172. The van der Waals surface area contributed by atoms with E-state index in [1.54, 1.807) is 20.8 Å². The molecule has 2 saturated heterocycles. The minimum atomic E-state index is -2.87. The lowest BCUT2D eigenvalue weighted by Crippen LogP contribution is -2.62. The number of hydrogen-bond acceptors (Lipinski definition) is 3. The van der Waals surface area contributed by atoms with Crippen LogP contribution in [-0.4, -0.2) is 48.7 Å². The molecule has 0 bridgehead atoms. The number of halogens is 2. The van der Waals surface area contributed by atoms with E-state index in [2.05, 4.69) is 5.32 Å². The highest BCUT2D eigenvalue weighted by Crippen LogP contribution is 2.48. The Hall–Kier alpha value is -0.910. The smallest absolute Gasteiger partial charge is 0.410 e. The summed E-state index contributed by atoms with van der Waals surface area (Å²) in [6, 6.07) is 0. The first-order chi connectivity index (χ1) is 9.15. The SMILES string of the molecule is CC(C)(C)OC(=O)N1CCC2(CCCNC2)C(F)(F)C1. The molecule has 2 fully saturated rings. The Bertz CT molecular complexity index is 374. The number of nitrogens with one attached hydrogen (secondary N) is 1. The summed E-state index contributed by atoms with van der Waals surface area (Å²) in [5.41, 5.74) is -1.66. The van der Waals surface area contributed by atoms with Crippen LogP contribution in [0, 0.1) is 5.41 Å². The van der Waals surface area contributed by atoms with E-state index in [0.717, 1.165) is 17.9 Å². The number of nitrogens with zero attached hydrogens (tertiary/aromatic N) is 1. The zero-order chi connectivity index (χ0) is 15.0. The molecule has 0 aromatic carbocycles. The first kappa shape index (κ1) is 15.5. The number of piperidine rings is 2. The molecular formula is C14H24F2N2O2. The average molecular weight is 290 g/mol. The quantitative estimate of drug-likeness (QED) is 0.745. The summed E-state index contributed by atoms with van der Waals surface area (Å²) in [7, 11) is 0. The first-order valence-electron chi connectivity index (χ1n) is 7.22. The summed E-state index contributed by atoms with van der Waals surface area (Å²) in [5.74, 6) is -2.87. The van der Waals surface area contributed by atoms with Crippen molar-refractivity contribution >= 4 is 6.09 Å². The van der Waals surface area contributed by atoms with E-state index in [1.165, 1.54) is 0 Å². The van der Waals surface area contributed by atoms with Crippen LogP contribution in [0.2, 0.25) is 0 Å². The molecule has 0 saturated carbocycles. The van der Waals surface area contributed by atoms with Gasteiger partial charge in [0.2, 0.25) is 0 Å². The Balaban J connectivity index is 2.04. The Morgan fingerprint density at radius 3 is 2.50 bits per heavy atom. The second-order valence-electron chi connectivity index (χ2n) is 6.92. The first-order valence-corrected chi connectivity index (χ1v) is 7.22. The molecule has 2 heterocycles. The van der Waals surface area contributed by atoms with Crippen molar-refractivity contribution < 1.29 is 18.3 Å². The minimum absolute atomic E-state index is 0.326. The fourth-order valence-corrected chi connectivity index (χ4v) is 2.99. The molecule has 2 rings (SSSR count). The Labute approximate surface area is 118 Å². The monoisotopic (exact) mass is 290 g/mol. The molecule has 1 unspecified atom stereocenters. The molecule has 0 aliphatic carbocycles. The molecule has 2 aliphatic rings. The second kappa shape index (κ2) is 5.13. The zero-order valence-electron chi connectivity index (χ0n) is 12.5. The Morgan fingerprint density at radius 1 is 1.30 bits per heavy atom. The van der Waals surface area contributed by atoms with Gasteiger partial charge in [0.05, 0.1) is 12.0 Å². The van der Waals surface area contributed by atoms with Crippen LogP contribution >= 0.6 is 0 Å². The number of carbonyl (C=O) groups is 1. The number of rotatable bonds is 0. The predicted octanol–water partition coefficient (Wildman–Crippen LogP) is 2.63. The molecule has 1 spiro atoms. The third-order valence-corrected chi connectivity index (χ3v) is 4.15.